The molecule has 0 aliphatic carbocycles. The Hall–Kier alpha value is -4.18. The van der Waals surface area contributed by atoms with Crippen LogP contribution in [-0.4, -0.2) is 51.6 Å². The molecule has 1 unspecified atom stereocenters. The van der Waals surface area contributed by atoms with E-state index in [-0.39, 0.29) is 12.5 Å². The van der Waals surface area contributed by atoms with E-state index >= 15 is 0 Å². The predicted molar refractivity (Wildman–Crippen MR) is 200 cm³/mol. The fourth-order valence-electron chi connectivity index (χ4n) is 6.53. The molecule has 6 rings (SSSR count). The van der Waals surface area contributed by atoms with E-state index in [1.54, 1.807) is 27.0 Å². The molecular weight excluding hydrogens is 651 g/mol. The summed E-state index contributed by atoms with van der Waals surface area (Å²) in [5, 5.41) is 18.4. The Bertz CT molecular complexity index is 1850. The van der Waals surface area contributed by atoms with Crippen molar-refractivity contribution in [2.75, 3.05) is 23.8 Å². The summed E-state index contributed by atoms with van der Waals surface area (Å²) in [7, 11) is -1.34. The molecule has 0 aromatic heterocycles. The van der Waals surface area contributed by atoms with Crippen LogP contribution in [0.2, 0.25) is 0 Å². The highest BCUT2D eigenvalue weighted by molar-refractivity contribution is 7.85. The number of ether oxygens (including phenoxy) is 3. The predicted octanol–water partition coefficient (Wildman–Crippen LogP) is 8.10. The zero-order chi connectivity index (χ0) is 36.2. The highest BCUT2D eigenvalue weighted by Crippen LogP contribution is 2.49. The molecule has 0 saturated carbocycles. The highest BCUT2D eigenvalue weighted by Gasteiger charge is 2.32. The quantitative estimate of drug-likeness (QED) is 0.182. The zero-order valence-electron chi connectivity index (χ0n) is 30.2. The lowest BCUT2D eigenvalue weighted by molar-refractivity contribution is -0.136. The van der Waals surface area contributed by atoms with E-state index < -0.39 is 22.6 Å². The van der Waals surface area contributed by atoms with Gasteiger partial charge in [-0.25, -0.2) is 4.21 Å². The second kappa shape index (κ2) is 15.8. The summed E-state index contributed by atoms with van der Waals surface area (Å²) in [6.45, 7) is 13.5. The maximum absolute atomic E-state index is 13.2. The van der Waals surface area contributed by atoms with Crippen molar-refractivity contribution in [2.24, 2.45) is 0 Å². The summed E-state index contributed by atoms with van der Waals surface area (Å²) in [6, 6.07) is 22.3. The smallest absolute Gasteiger partial charge is 0.307 e. The van der Waals surface area contributed by atoms with Crippen molar-refractivity contribution in [3.63, 3.8) is 0 Å². The summed E-state index contributed by atoms with van der Waals surface area (Å²) in [6.07, 6.45) is 3.44. The molecule has 9 heteroatoms. The molecule has 2 aliphatic heterocycles. The fourth-order valence-corrected chi connectivity index (χ4v) is 7.34. The largest absolute Gasteiger partial charge is 0.490 e. The van der Waals surface area contributed by atoms with Gasteiger partial charge in [-0.05, 0) is 98.7 Å². The number of benzene rings is 4. The summed E-state index contributed by atoms with van der Waals surface area (Å²) >= 11 is 0. The van der Waals surface area contributed by atoms with Gasteiger partial charge in [0.15, 0.2) is 0 Å². The number of hydrogen-bond acceptors (Lipinski definition) is 6. The van der Waals surface area contributed by atoms with Crippen LogP contribution in [0.3, 0.4) is 0 Å². The van der Waals surface area contributed by atoms with Crippen LogP contribution in [-0.2, 0) is 40.1 Å². The van der Waals surface area contributed by atoms with E-state index in [1.807, 2.05) is 73.6 Å². The molecule has 2 aliphatic rings. The van der Waals surface area contributed by atoms with Crippen LogP contribution in [0.4, 0.5) is 5.69 Å². The minimum atomic E-state index is -1.34. The molecule has 1 fully saturated rings. The van der Waals surface area contributed by atoms with Crippen molar-refractivity contribution in [1.82, 2.24) is 0 Å². The molecule has 50 heavy (non-hydrogen) atoms. The Morgan fingerprint density at radius 1 is 0.960 bits per heavy atom. The number of aliphatic hydroxyl groups is 1. The van der Waals surface area contributed by atoms with Gasteiger partial charge >= 0.3 is 5.97 Å². The van der Waals surface area contributed by atoms with Gasteiger partial charge in [-0.15, -0.1) is 0 Å². The molecular formula is C41H49NO7S. The molecule has 1 saturated heterocycles. The molecule has 2 N–H and O–H groups in total. The first-order valence-electron chi connectivity index (χ1n) is 17.1. The average molecular weight is 700 g/mol. The molecule has 0 bridgehead atoms. The van der Waals surface area contributed by atoms with Crippen molar-refractivity contribution in [1.29, 1.82) is 0 Å². The molecule has 4 aromatic rings. The maximum atomic E-state index is 13.2. The minimum Gasteiger partial charge on any atom is -0.490 e. The lowest BCUT2D eigenvalue weighted by Gasteiger charge is -2.35. The van der Waals surface area contributed by atoms with Gasteiger partial charge < -0.3 is 24.4 Å². The van der Waals surface area contributed by atoms with Crippen molar-refractivity contribution in [3.05, 3.63) is 100 Å². The van der Waals surface area contributed by atoms with Crippen LogP contribution in [0.25, 0.3) is 22.3 Å². The Labute approximate surface area is 298 Å². The minimum absolute atomic E-state index is 0.118. The lowest BCUT2D eigenvalue weighted by atomic mass is 9.81. The molecule has 8 nitrogen and oxygen atoms in total. The number of anilines is 1. The van der Waals surface area contributed by atoms with Gasteiger partial charge in [-0.1, -0.05) is 54.1 Å². The zero-order valence-corrected chi connectivity index (χ0v) is 31.0. The van der Waals surface area contributed by atoms with Gasteiger partial charge in [0.05, 0.1) is 37.5 Å². The van der Waals surface area contributed by atoms with Crippen LogP contribution in [0.15, 0.2) is 66.7 Å². The third-order valence-electron chi connectivity index (χ3n) is 8.81. The summed E-state index contributed by atoms with van der Waals surface area (Å²) in [4.78, 5) is 12.1. The van der Waals surface area contributed by atoms with Gasteiger partial charge in [0.2, 0.25) is 0 Å². The first-order valence-corrected chi connectivity index (χ1v) is 18.6. The van der Waals surface area contributed by atoms with E-state index in [0.717, 1.165) is 85.7 Å². The second-order valence-corrected chi connectivity index (χ2v) is 15.3. The van der Waals surface area contributed by atoms with E-state index in [1.165, 1.54) is 0 Å². The van der Waals surface area contributed by atoms with Crippen LogP contribution in [0, 0.1) is 20.8 Å². The Morgan fingerprint density at radius 3 is 2.26 bits per heavy atom. The van der Waals surface area contributed by atoms with E-state index in [4.69, 9.17) is 19.3 Å². The maximum Gasteiger partial charge on any atom is 0.307 e. The first-order chi connectivity index (χ1) is 23.7. The molecule has 0 amide bonds. The number of rotatable bonds is 9. The number of aryl methyl sites for hydroxylation is 1. The van der Waals surface area contributed by atoms with E-state index in [9.17, 15) is 14.1 Å². The Kier molecular flexibility index (Phi) is 11.7. The lowest BCUT2D eigenvalue weighted by Crippen LogP contribution is -2.30. The van der Waals surface area contributed by atoms with Crippen LogP contribution >= 0.6 is 0 Å². The van der Waals surface area contributed by atoms with Crippen LogP contribution in [0.1, 0.15) is 67.0 Å². The summed E-state index contributed by atoms with van der Waals surface area (Å²) in [5.74, 6) is 0.652. The Morgan fingerprint density at radius 2 is 1.62 bits per heavy atom. The number of hydrogen-bond donors (Lipinski definition) is 2. The third kappa shape index (κ3) is 8.94. The Balaban J connectivity index is 0.000000908. The number of carboxylic acids is 1. The third-order valence-corrected chi connectivity index (χ3v) is 9.75. The summed E-state index contributed by atoms with van der Waals surface area (Å²) in [5.41, 5.74) is 9.93. The number of para-hydroxylation sites is 1. The van der Waals surface area contributed by atoms with Gasteiger partial charge in [0, 0.05) is 30.2 Å². The molecule has 4 aromatic carbocycles. The second-order valence-electron chi connectivity index (χ2n) is 14.0. The normalized spacial score (nSPS) is 14.9. The van der Waals surface area contributed by atoms with Gasteiger partial charge in [0.1, 0.15) is 35.2 Å². The standard InChI is InChI=1S/C37H39NO6S.C4H10O/c1-23-9-11-26(12-10-23)35-25(3)36-31-14-13-30(43-22-27-7-5-6-8-33(27)44-29-15-17-42-18-16-29)19-28(31)21-38(45(4)41)37(36)24(2)32(35)20-34(39)40;1-4(2,3)5/h5-14,19,29H,15-18,20-22H2,1-4H3,(H,39,40);5H,1-3H3. The molecule has 1 atom stereocenters. The SMILES string of the molecule is CC(C)(C)O.Cc1ccc(-c2c(C)c3c(c(C)c2CC(=O)O)N(S(C)=O)Cc2cc(OCc4ccccc4OC4CCOCC4)ccc2-3)cc1. The topological polar surface area (TPSA) is 106 Å². The van der Waals surface area contributed by atoms with E-state index in [0.29, 0.717) is 26.4 Å². The van der Waals surface area contributed by atoms with Crippen LogP contribution in [0.5, 0.6) is 11.5 Å². The van der Waals surface area contributed by atoms with Gasteiger partial charge in [0.25, 0.3) is 0 Å². The number of carbonyl (C=O) groups is 1. The number of nitrogens with zero attached hydrogens (tertiary/aromatic N) is 1. The monoisotopic (exact) mass is 699 g/mol. The van der Waals surface area contributed by atoms with Crippen molar-refractivity contribution in [2.45, 2.75) is 85.7 Å². The van der Waals surface area contributed by atoms with Gasteiger partial charge in [-0.3, -0.25) is 9.10 Å². The molecule has 0 radical (unpaired) electrons. The molecule has 266 valence electrons. The fraction of sp³-hybridized carbons (Fsp3) is 0.390. The average Bonchev–Trinajstić information content (AvgIpc) is 3.06. The molecule has 2 heterocycles. The van der Waals surface area contributed by atoms with Gasteiger partial charge in [-0.2, -0.15) is 0 Å². The highest BCUT2D eigenvalue weighted by atomic mass is 32.2. The van der Waals surface area contributed by atoms with Crippen molar-refractivity contribution in [3.8, 4) is 33.8 Å². The van der Waals surface area contributed by atoms with E-state index in [2.05, 4.69) is 18.2 Å². The van der Waals surface area contributed by atoms with Crippen molar-refractivity contribution >= 4 is 22.6 Å². The number of carboxylic acid groups (broad SMARTS) is 1. The molecule has 0 spiro atoms. The first kappa shape index (κ1) is 37.1. The number of aliphatic carboxylic acids is 1. The summed E-state index contributed by atoms with van der Waals surface area (Å²) < 4.78 is 33.2. The van der Waals surface area contributed by atoms with Crippen LogP contribution < -0.4 is 13.8 Å². The van der Waals surface area contributed by atoms with Crippen molar-refractivity contribution < 1.29 is 33.4 Å². The number of fused-ring (bicyclic) bond motifs is 3.